The second kappa shape index (κ2) is 4.63. The molecule has 1 aromatic rings. The molecule has 1 aromatic carbocycles. The number of carbonyl (C=O) groups is 1. The Morgan fingerprint density at radius 1 is 1.56 bits per heavy atom. The predicted octanol–water partition coefficient (Wildman–Crippen LogP) is 2.48. The molecule has 1 rings (SSSR count). The molecule has 0 fully saturated rings. The van der Waals surface area contributed by atoms with Crippen LogP contribution in [0.3, 0.4) is 0 Å². The Hall–Kier alpha value is -2.08. The predicted molar refractivity (Wildman–Crippen MR) is 61.0 cm³/mol. The number of hydrogen-bond donors (Lipinski definition) is 1. The number of nitrogens with zero attached hydrogens (tertiary/aromatic N) is 1. The molecule has 0 saturated heterocycles. The monoisotopic (exact) mass is 215 g/mol. The lowest BCUT2D eigenvalue weighted by Gasteiger charge is -2.23. The summed E-state index contributed by atoms with van der Waals surface area (Å²) in [6.45, 7) is 5.22. The van der Waals surface area contributed by atoms with Gasteiger partial charge in [0, 0.05) is 0 Å². The van der Waals surface area contributed by atoms with Gasteiger partial charge in [-0.05, 0) is 31.0 Å². The van der Waals surface area contributed by atoms with E-state index in [2.05, 4.69) is 6.58 Å². The third kappa shape index (κ3) is 2.12. The smallest absolute Gasteiger partial charge is 0.314 e. The lowest BCUT2D eigenvalue weighted by Crippen LogP contribution is -2.31. The minimum atomic E-state index is -0.976. The number of hydrogen-bond acceptors (Lipinski definition) is 2. The van der Waals surface area contributed by atoms with Crippen molar-refractivity contribution in [1.29, 1.82) is 5.26 Å². The van der Waals surface area contributed by atoms with Crippen LogP contribution in [0.2, 0.25) is 0 Å². The number of rotatable bonds is 4. The van der Waals surface area contributed by atoms with Gasteiger partial charge in [0.15, 0.2) is 0 Å². The molecule has 0 radical (unpaired) electrons. The van der Waals surface area contributed by atoms with Crippen LogP contribution in [0.5, 0.6) is 0 Å². The molecular formula is C13H13NO2. The van der Waals surface area contributed by atoms with Gasteiger partial charge in [0.2, 0.25) is 0 Å². The molecule has 1 unspecified atom stereocenters. The van der Waals surface area contributed by atoms with Crippen molar-refractivity contribution in [2.45, 2.75) is 18.8 Å². The summed E-state index contributed by atoms with van der Waals surface area (Å²) in [5.41, 5.74) is 0.226. The van der Waals surface area contributed by atoms with Crippen LogP contribution in [-0.2, 0) is 10.2 Å². The van der Waals surface area contributed by atoms with Crippen LogP contribution in [0.1, 0.15) is 24.5 Å². The second-order valence-corrected chi connectivity index (χ2v) is 3.82. The Labute approximate surface area is 94.6 Å². The molecule has 0 saturated carbocycles. The van der Waals surface area contributed by atoms with E-state index in [0.717, 1.165) is 0 Å². The van der Waals surface area contributed by atoms with Crippen LogP contribution in [-0.4, -0.2) is 11.1 Å². The van der Waals surface area contributed by atoms with Crippen LogP contribution < -0.4 is 0 Å². The Morgan fingerprint density at radius 2 is 2.12 bits per heavy atom. The molecule has 0 aliphatic rings. The standard InChI is InChI=1S/C13H13NO2/c1-3-8-13(2,12(15)16)11-6-4-10(9-14)5-7-11/h3-7H,1,8H2,2H3,(H,15,16). The molecule has 0 spiro atoms. The topological polar surface area (TPSA) is 61.1 Å². The summed E-state index contributed by atoms with van der Waals surface area (Å²) in [4.78, 5) is 11.3. The van der Waals surface area contributed by atoms with Gasteiger partial charge < -0.3 is 5.11 Å². The van der Waals surface area contributed by atoms with Gasteiger partial charge in [0.1, 0.15) is 0 Å². The average molecular weight is 215 g/mol. The van der Waals surface area contributed by atoms with Crippen molar-refractivity contribution in [3.63, 3.8) is 0 Å². The molecule has 0 bridgehead atoms. The van der Waals surface area contributed by atoms with Gasteiger partial charge in [-0.3, -0.25) is 4.79 Å². The fourth-order valence-electron chi connectivity index (χ4n) is 1.53. The first-order valence-corrected chi connectivity index (χ1v) is 4.89. The van der Waals surface area contributed by atoms with E-state index in [9.17, 15) is 9.90 Å². The van der Waals surface area contributed by atoms with Crippen molar-refractivity contribution in [3.8, 4) is 6.07 Å². The van der Waals surface area contributed by atoms with Gasteiger partial charge in [-0.25, -0.2) is 0 Å². The fourth-order valence-corrected chi connectivity index (χ4v) is 1.53. The second-order valence-electron chi connectivity index (χ2n) is 3.82. The van der Waals surface area contributed by atoms with Gasteiger partial charge in [0.05, 0.1) is 17.0 Å². The third-order valence-corrected chi connectivity index (χ3v) is 2.68. The molecule has 16 heavy (non-hydrogen) atoms. The van der Waals surface area contributed by atoms with Crippen molar-refractivity contribution in [2.75, 3.05) is 0 Å². The van der Waals surface area contributed by atoms with E-state index < -0.39 is 11.4 Å². The Morgan fingerprint density at radius 3 is 2.50 bits per heavy atom. The van der Waals surface area contributed by atoms with E-state index in [0.29, 0.717) is 17.5 Å². The molecule has 0 amide bonds. The molecule has 0 heterocycles. The lowest BCUT2D eigenvalue weighted by atomic mass is 9.79. The summed E-state index contributed by atoms with van der Waals surface area (Å²) in [5, 5.41) is 17.9. The largest absolute Gasteiger partial charge is 0.481 e. The SMILES string of the molecule is C=CCC(C)(C(=O)O)c1ccc(C#N)cc1. The number of carboxylic acids is 1. The fraction of sp³-hybridized carbons (Fsp3) is 0.231. The van der Waals surface area contributed by atoms with E-state index in [4.69, 9.17) is 5.26 Å². The van der Waals surface area contributed by atoms with E-state index in [1.54, 1.807) is 37.3 Å². The maximum Gasteiger partial charge on any atom is 0.314 e. The van der Waals surface area contributed by atoms with E-state index in [1.165, 1.54) is 0 Å². The quantitative estimate of drug-likeness (QED) is 0.785. The molecule has 82 valence electrons. The van der Waals surface area contributed by atoms with Gasteiger partial charge in [-0.2, -0.15) is 5.26 Å². The Kier molecular flexibility index (Phi) is 3.47. The van der Waals surface area contributed by atoms with Crippen molar-refractivity contribution < 1.29 is 9.90 Å². The van der Waals surface area contributed by atoms with Gasteiger partial charge in [-0.15, -0.1) is 6.58 Å². The molecule has 3 nitrogen and oxygen atoms in total. The first kappa shape index (κ1) is 12.0. The molecule has 1 N–H and O–H groups in total. The zero-order valence-electron chi connectivity index (χ0n) is 9.10. The van der Waals surface area contributed by atoms with Crippen LogP contribution >= 0.6 is 0 Å². The lowest BCUT2D eigenvalue weighted by molar-refractivity contribution is -0.143. The zero-order chi connectivity index (χ0) is 12.2. The first-order valence-electron chi connectivity index (χ1n) is 4.89. The maximum atomic E-state index is 11.3. The summed E-state index contributed by atoms with van der Waals surface area (Å²) in [7, 11) is 0. The van der Waals surface area contributed by atoms with Crippen LogP contribution in [0.15, 0.2) is 36.9 Å². The number of allylic oxidation sites excluding steroid dienone is 1. The van der Waals surface area contributed by atoms with E-state index >= 15 is 0 Å². The highest BCUT2D eigenvalue weighted by molar-refractivity contribution is 5.81. The van der Waals surface area contributed by atoms with Crippen LogP contribution in [0.4, 0.5) is 0 Å². The highest BCUT2D eigenvalue weighted by Crippen LogP contribution is 2.28. The van der Waals surface area contributed by atoms with Crippen molar-refractivity contribution in [3.05, 3.63) is 48.0 Å². The zero-order valence-corrected chi connectivity index (χ0v) is 9.10. The molecule has 0 aromatic heterocycles. The summed E-state index contributed by atoms with van der Waals surface area (Å²) in [6.07, 6.45) is 1.94. The minimum Gasteiger partial charge on any atom is -0.481 e. The van der Waals surface area contributed by atoms with Crippen LogP contribution in [0.25, 0.3) is 0 Å². The molecule has 0 aliphatic heterocycles. The number of aliphatic carboxylic acids is 1. The summed E-state index contributed by atoms with van der Waals surface area (Å²) in [5.74, 6) is -0.892. The number of benzene rings is 1. The highest BCUT2D eigenvalue weighted by Gasteiger charge is 2.33. The highest BCUT2D eigenvalue weighted by atomic mass is 16.4. The average Bonchev–Trinajstić information content (AvgIpc) is 2.29. The summed E-state index contributed by atoms with van der Waals surface area (Å²) in [6, 6.07) is 8.60. The maximum absolute atomic E-state index is 11.3. The van der Waals surface area contributed by atoms with Gasteiger partial charge in [-0.1, -0.05) is 18.2 Å². The van der Waals surface area contributed by atoms with Gasteiger partial charge in [0.25, 0.3) is 0 Å². The van der Waals surface area contributed by atoms with Crippen molar-refractivity contribution >= 4 is 5.97 Å². The molecule has 3 heteroatoms. The van der Waals surface area contributed by atoms with E-state index in [-0.39, 0.29) is 0 Å². The Balaban J connectivity index is 3.17. The molecule has 0 aliphatic carbocycles. The van der Waals surface area contributed by atoms with Gasteiger partial charge >= 0.3 is 5.97 Å². The van der Waals surface area contributed by atoms with E-state index in [1.807, 2.05) is 6.07 Å². The van der Waals surface area contributed by atoms with Crippen molar-refractivity contribution in [1.82, 2.24) is 0 Å². The molecular weight excluding hydrogens is 202 g/mol. The normalized spacial score (nSPS) is 13.5. The Bertz CT molecular complexity index is 442. The number of carboxylic acid groups (broad SMARTS) is 1. The third-order valence-electron chi connectivity index (χ3n) is 2.68. The summed E-state index contributed by atoms with van der Waals surface area (Å²) < 4.78 is 0. The molecule has 1 atom stereocenters. The minimum absolute atomic E-state index is 0.355. The number of nitriles is 1. The summed E-state index contributed by atoms with van der Waals surface area (Å²) >= 11 is 0. The van der Waals surface area contributed by atoms with Crippen LogP contribution in [0, 0.1) is 11.3 Å². The van der Waals surface area contributed by atoms with Crippen molar-refractivity contribution in [2.24, 2.45) is 0 Å². The first-order chi connectivity index (χ1) is 7.54.